The van der Waals surface area contributed by atoms with Crippen molar-refractivity contribution >= 4 is 81.7 Å². The van der Waals surface area contributed by atoms with Crippen LogP contribution in [0.4, 0.5) is 15.3 Å². The van der Waals surface area contributed by atoms with E-state index in [0.29, 0.717) is 82.0 Å². The number of aromatic nitrogens is 1. The maximum absolute atomic E-state index is 15.0. The first kappa shape index (κ1) is 92.1. The molecule has 0 spiro atoms. The number of unbranched alkanes of at least 4 members (excludes halogenated alkanes) is 3. The van der Waals surface area contributed by atoms with Crippen LogP contribution in [0.3, 0.4) is 0 Å². The van der Waals surface area contributed by atoms with Crippen molar-refractivity contribution in [3.63, 3.8) is 0 Å². The van der Waals surface area contributed by atoms with E-state index in [1.54, 1.807) is 56.6 Å². The van der Waals surface area contributed by atoms with Gasteiger partial charge in [-0.3, -0.25) is 43.2 Å². The number of amides is 7. The lowest BCUT2D eigenvalue weighted by Crippen LogP contribution is -2.54. The van der Waals surface area contributed by atoms with Gasteiger partial charge in [0.2, 0.25) is 23.6 Å². The van der Waals surface area contributed by atoms with E-state index < -0.39 is 77.6 Å². The molecule has 1 aliphatic heterocycles. The molecule has 1 aliphatic rings. The summed E-state index contributed by atoms with van der Waals surface area (Å²) in [7, 11) is 6.34. The Morgan fingerprint density at radius 3 is 1.93 bits per heavy atom. The van der Waals surface area contributed by atoms with Gasteiger partial charge in [-0.15, -0.1) is 11.3 Å². The van der Waals surface area contributed by atoms with Crippen molar-refractivity contribution in [2.75, 3.05) is 46.7 Å². The predicted octanol–water partition coefficient (Wildman–Crippen LogP) is 13.0. The van der Waals surface area contributed by atoms with Gasteiger partial charge in [0.25, 0.3) is 0 Å². The highest BCUT2D eigenvalue weighted by Crippen LogP contribution is 2.35. The van der Waals surface area contributed by atoms with Crippen molar-refractivity contribution in [3.8, 4) is 0 Å². The number of hydrogen-bond acceptors (Lipinski definition) is 17. The molecule has 1 saturated heterocycles. The van der Waals surface area contributed by atoms with Gasteiger partial charge in [-0.2, -0.15) is 0 Å². The van der Waals surface area contributed by atoms with Crippen LogP contribution >= 0.6 is 11.3 Å². The van der Waals surface area contributed by atoms with E-state index in [1.807, 2.05) is 132 Å². The Balaban J connectivity index is 1.35. The van der Waals surface area contributed by atoms with Crippen LogP contribution in [-0.4, -0.2) is 174 Å². The third-order valence-electron chi connectivity index (χ3n) is 20.9. The van der Waals surface area contributed by atoms with E-state index >= 15 is 0 Å². The smallest absolute Gasteiger partial charge is 0.410 e. The Bertz CT molecular complexity index is 3320. The monoisotopic (exact) mass is 1510 g/mol. The summed E-state index contributed by atoms with van der Waals surface area (Å²) < 4.78 is 18.1. The zero-order valence-electron chi connectivity index (χ0n) is 67.9. The SMILES string of the molecule is CC[C@H](C)[C@@H]([C@@H](CC(=O)N1CCC[C@H]1[C@H](OC)[C@@H](C)C(=O)C[C@@H](Cc1ccccc1)c1nccs1)OC)N(C)C(=O)[C@@H](CC(=O)[C@H](C(C)C)N(C)C(=O)OCc1ccc(NC(=O)[C@H](CCCNC(N)=O)CC(=O)[C@@H](NC(=O)CCCCCCC(=O)CC[C@@H](NC(C)(C)C)C(=O)C(C)(C)C)C(C)C)cc1)C(C)C. The molecule has 0 aliphatic carbocycles. The summed E-state index contributed by atoms with van der Waals surface area (Å²) in [5.74, 6) is -5.03. The Kier molecular flexibility index (Phi) is 38.7. The topological polar surface area (TPSA) is 312 Å². The van der Waals surface area contributed by atoms with Crippen LogP contribution in [0.1, 0.15) is 235 Å². The third-order valence-corrected chi connectivity index (χ3v) is 21.8. The second kappa shape index (κ2) is 45.0. The number of likely N-dealkylation sites (tertiary alicyclic amines) is 1. The van der Waals surface area contributed by atoms with Crippen molar-refractivity contribution < 1.29 is 67.0 Å². The lowest BCUT2D eigenvalue weighted by Gasteiger charge is -2.41. The average molecular weight is 1510 g/mol. The van der Waals surface area contributed by atoms with E-state index in [4.69, 9.17) is 19.9 Å². The fraction of sp³-hybridized carbons (Fsp3) is 0.687. The van der Waals surface area contributed by atoms with Gasteiger partial charge in [0.15, 0.2) is 17.3 Å². The zero-order chi connectivity index (χ0) is 80.0. The third kappa shape index (κ3) is 30.3. The molecule has 7 amide bonds. The summed E-state index contributed by atoms with van der Waals surface area (Å²) in [6, 6.07) is 12.8. The number of hydrogen-bond donors (Lipinski definition) is 5. The minimum atomic E-state index is -0.963. The number of anilines is 1. The quantitative estimate of drug-likeness (QED) is 0.0328. The molecule has 598 valence electrons. The number of ketones is 5. The molecular formula is C83H131N9O14S. The molecule has 0 bridgehead atoms. The number of thiazole rings is 1. The van der Waals surface area contributed by atoms with Crippen LogP contribution in [0.15, 0.2) is 66.2 Å². The van der Waals surface area contributed by atoms with Gasteiger partial charge in [-0.25, -0.2) is 14.6 Å². The number of ether oxygens (including phenoxy) is 3. The molecule has 4 rings (SSSR count). The standard InChI is InChI=1S/C83H131N9O14S/c1-20-55(8)74(69(104-18)50-71(98)92-44-29-34-65(92)75(105-19)56(9)66(94)48-60(78-85-43-45-107-78)46-57-30-24-23-25-31-57)90(16)79(101)63(52(2)3)49-68(96)73(54(6)7)91(17)81(103)106-51-58-36-38-61(39-37-58)87-77(100)59(32-28-42-86-80(84)102)47-67(95)72(53(4)5)88-70(97)35-27-22-21-26-33-62(93)40-41-64(89-83(13,14)15)76(99)82(10,11)12/h23-25,30-31,36-39,43,45,52-56,59-60,63-65,69,72-75,89H,20-22,26-29,32-35,40-42,44,46-51H2,1-19H3,(H,87,100)(H,88,97)(H3,84,86,102)/t55-,56-,59+,60+,63-,64+,65-,69+,72-,73-,74-,75+/m0/s1. The molecule has 12 atom stereocenters. The molecule has 2 aromatic carbocycles. The Hall–Kier alpha value is -7.28. The van der Waals surface area contributed by atoms with Gasteiger partial charge in [-0.1, -0.05) is 145 Å². The molecule has 1 fully saturated rings. The van der Waals surface area contributed by atoms with Gasteiger partial charge < -0.3 is 55.9 Å². The Morgan fingerprint density at radius 2 is 1.36 bits per heavy atom. The van der Waals surface area contributed by atoms with Gasteiger partial charge in [0, 0.05) is 132 Å². The first-order valence-corrected chi connectivity index (χ1v) is 39.8. The van der Waals surface area contributed by atoms with Gasteiger partial charge in [-0.05, 0) is 119 Å². The summed E-state index contributed by atoms with van der Waals surface area (Å²) in [6.07, 6.45) is 6.78. The molecular weight excluding hydrogens is 1380 g/mol. The van der Waals surface area contributed by atoms with Crippen molar-refractivity contribution in [2.45, 2.75) is 280 Å². The average Bonchev–Trinajstić information content (AvgIpc) is 1.73. The number of carbonyl (C=O) groups excluding carboxylic acids is 11. The number of urea groups is 1. The fourth-order valence-electron chi connectivity index (χ4n) is 14.7. The van der Waals surface area contributed by atoms with Crippen molar-refractivity contribution in [2.24, 2.45) is 52.6 Å². The number of nitrogens with zero attached hydrogens (tertiary/aromatic N) is 4. The first-order chi connectivity index (χ1) is 50.3. The van der Waals surface area contributed by atoms with Crippen molar-refractivity contribution in [3.05, 3.63) is 82.3 Å². The molecule has 24 heteroatoms. The highest BCUT2D eigenvalue weighted by molar-refractivity contribution is 7.09. The normalized spacial score (nSPS) is 16.5. The number of carbonyl (C=O) groups is 11. The maximum Gasteiger partial charge on any atom is 0.410 e. The Morgan fingerprint density at radius 1 is 0.710 bits per heavy atom. The number of likely N-dealkylation sites (N-methyl/N-ethyl adjacent to an activating group) is 2. The molecule has 0 unspecified atom stereocenters. The second-order valence-corrected chi connectivity index (χ2v) is 33.6. The molecule has 3 aromatic rings. The molecule has 2 heterocycles. The molecule has 0 saturated carbocycles. The lowest BCUT2D eigenvalue weighted by molar-refractivity contribution is -0.149. The van der Waals surface area contributed by atoms with E-state index in [1.165, 1.54) is 23.3 Å². The first-order valence-electron chi connectivity index (χ1n) is 38.9. The van der Waals surface area contributed by atoms with Crippen molar-refractivity contribution in [1.82, 2.24) is 35.6 Å². The number of nitrogens with two attached hydrogens (primary N) is 1. The largest absolute Gasteiger partial charge is 0.445 e. The van der Waals surface area contributed by atoms with Crippen LogP contribution in [-0.2, 0) is 70.4 Å². The second-order valence-electron chi connectivity index (χ2n) is 32.7. The van der Waals surface area contributed by atoms with Gasteiger partial charge >= 0.3 is 12.1 Å². The summed E-state index contributed by atoms with van der Waals surface area (Å²) in [4.78, 5) is 161. The van der Waals surface area contributed by atoms with Crippen molar-refractivity contribution in [1.29, 1.82) is 0 Å². The van der Waals surface area contributed by atoms with E-state index in [-0.39, 0.29) is 139 Å². The molecule has 23 nitrogen and oxygen atoms in total. The highest BCUT2D eigenvalue weighted by atomic mass is 32.1. The van der Waals surface area contributed by atoms with E-state index in [9.17, 15) is 52.7 Å². The molecule has 6 N–H and O–H groups in total. The summed E-state index contributed by atoms with van der Waals surface area (Å²) in [5.41, 5.74) is 6.57. The number of methoxy groups -OCH3 is 2. The minimum Gasteiger partial charge on any atom is -0.445 e. The fourth-order valence-corrected chi connectivity index (χ4v) is 15.4. The van der Waals surface area contributed by atoms with Crippen LogP contribution < -0.4 is 27.0 Å². The number of Topliss-reactive ketones (excluding diaryl/α,β-unsaturated/α-hetero) is 5. The number of benzene rings is 2. The van der Waals surface area contributed by atoms with E-state index in [2.05, 4.69) is 38.4 Å². The van der Waals surface area contributed by atoms with Crippen LogP contribution in [0.25, 0.3) is 0 Å². The minimum absolute atomic E-state index is 0.0365. The molecule has 0 radical (unpaired) electrons. The number of rotatable bonds is 48. The zero-order valence-corrected chi connectivity index (χ0v) is 68.7. The summed E-state index contributed by atoms with van der Waals surface area (Å²) >= 11 is 1.54. The molecule has 107 heavy (non-hydrogen) atoms. The number of nitrogens with one attached hydrogen (secondary N) is 4. The van der Waals surface area contributed by atoms with Crippen LogP contribution in [0, 0.1) is 46.8 Å². The van der Waals surface area contributed by atoms with Gasteiger partial charge in [0.1, 0.15) is 18.2 Å². The highest BCUT2D eigenvalue weighted by Gasteiger charge is 2.44. The maximum atomic E-state index is 15.0. The Labute approximate surface area is 642 Å². The number of primary amides is 1. The summed E-state index contributed by atoms with van der Waals surface area (Å²) in [5, 5.41) is 14.5. The van der Waals surface area contributed by atoms with Crippen LogP contribution in [0.5, 0.6) is 0 Å². The van der Waals surface area contributed by atoms with E-state index in [0.717, 1.165) is 23.4 Å². The molecule has 1 aromatic heterocycles. The van der Waals surface area contributed by atoms with Gasteiger partial charge in [0.05, 0.1) is 53.8 Å². The summed E-state index contributed by atoms with van der Waals surface area (Å²) in [6.45, 7) is 29.1. The predicted molar refractivity (Wildman–Crippen MR) is 420 cm³/mol. The lowest BCUT2D eigenvalue weighted by atomic mass is 9.83. The van der Waals surface area contributed by atoms with Crippen LogP contribution in [0.2, 0.25) is 0 Å².